The molecule has 0 aliphatic heterocycles. The summed E-state index contributed by atoms with van der Waals surface area (Å²) >= 11 is 0. The van der Waals surface area contributed by atoms with E-state index in [0.29, 0.717) is 22.8 Å². The van der Waals surface area contributed by atoms with Gasteiger partial charge in [-0.05, 0) is 111 Å². The molecule has 4 aliphatic rings. The summed E-state index contributed by atoms with van der Waals surface area (Å²) in [5.41, 5.74) is 5.17. The Morgan fingerprint density at radius 1 is 1.03 bits per heavy atom. The van der Waals surface area contributed by atoms with Crippen molar-refractivity contribution in [3.05, 3.63) is 30.1 Å². The molecule has 1 amide bonds. The number of aromatic nitrogens is 1. The number of aliphatic hydroxyl groups is 1. The number of pyridine rings is 1. The SMILES string of the molecule is C/C(=N\NC(=O)c1ccncc1)[C@@H]1CC[C@H]2[C@@H]3CC[C@H]4C[C@@H](O)CC[C@]4(C)[C@@H]3CC[C@]12C. The second kappa shape index (κ2) is 8.23. The standard InChI is InChI=1S/C27H39N3O2/c1-17(29-30-25(32)18-10-14-28-15-11-18)22-6-7-23-21-5-4-19-16-20(31)8-12-26(19,2)24(21)9-13-27(22,23)3/h10-11,14-15,19-24,31H,4-9,12-13,16H2,1-3H3,(H,30,32)/b29-17+/t19-,20-,21-,22-,23-,24+,26-,27+/m0/s1. The molecule has 32 heavy (non-hydrogen) atoms. The minimum Gasteiger partial charge on any atom is -0.393 e. The predicted octanol–water partition coefficient (Wildman–Crippen LogP) is 5.21. The molecule has 5 nitrogen and oxygen atoms in total. The van der Waals surface area contributed by atoms with E-state index in [1.165, 1.54) is 44.9 Å². The molecule has 4 fully saturated rings. The number of hydrogen-bond donors (Lipinski definition) is 2. The molecule has 4 aliphatic carbocycles. The van der Waals surface area contributed by atoms with Gasteiger partial charge in [0.05, 0.1) is 6.10 Å². The first kappa shape index (κ1) is 22.1. The summed E-state index contributed by atoms with van der Waals surface area (Å²) in [5, 5.41) is 14.8. The molecular weight excluding hydrogens is 398 g/mol. The molecule has 1 aromatic rings. The molecule has 0 spiro atoms. The van der Waals surface area contributed by atoms with E-state index < -0.39 is 0 Å². The smallest absolute Gasteiger partial charge is 0.271 e. The Kier molecular flexibility index (Phi) is 5.68. The van der Waals surface area contributed by atoms with Gasteiger partial charge in [-0.1, -0.05) is 13.8 Å². The summed E-state index contributed by atoms with van der Waals surface area (Å²) in [6.07, 6.45) is 14.1. The highest BCUT2D eigenvalue weighted by molar-refractivity contribution is 5.95. The maximum atomic E-state index is 12.4. The molecule has 5 heteroatoms. The lowest BCUT2D eigenvalue weighted by Gasteiger charge is -2.61. The summed E-state index contributed by atoms with van der Waals surface area (Å²) in [5.74, 6) is 3.38. The fraction of sp³-hybridized carbons (Fsp3) is 0.741. The molecule has 0 radical (unpaired) electrons. The Hall–Kier alpha value is -1.75. The maximum absolute atomic E-state index is 12.4. The van der Waals surface area contributed by atoms with Gasteiger partial charge in [-0.15, -0.1) is 0 Å². The minimum absolute atomic E-state index is 0.0736. The zero-order chi connectivity index (χ0) is 22.5. The lowest BCUT2D eigenvalue weighted by atomic mass is 9.44. The zero-order valence-electron chi connectivity index (χ0n) is 19.9. The van der Waals surface area contributed by atoms with Crippen molar-refractivity contribution in [3.63, 3.8) is 0 Å². The molecular formula is C27H39N3O2. The third kappa shape index (κ3) is 3.52. The Bertz CT molecular complexity index is 886. The number of amides is 1. The Morgan fingerprint density at radius 3 is 2.53 bits per heavy atom. The van der Waals surface area contributed by atoms with Gasteiger partial charge < -0.3 is 5.11 Å². The van der Waals surface area contributed by atoms with Crippen molar-refractivity contribution >= 4 is 11.6 Å². The number of hydrazone groups is 1. The number of rotatable bonds is 3. The molecule has 4 saturated carbocycles. The molecule has 1 heterocycles. The zero-order valence-corrected chi connectivity index (χ0v) is 19.9. The number of nitrogens with one attached hydrogen (secondary N) is 1. The second-order valence-electron chi connectivity index (χ2n) is 11.7. The van der Waals surface area contributed by atoms with Gasteiger partial charge in [0, 0.05) is 29.6 Å². The van der Waals surface area contributed by atoms with Gasteiger partial charge in [0.15, 0.2) is 0 Å². The summed E-state index contributed by atoms with van der Waals surface area (Å²) in [6.45, 7) is 7.17. The molecule has 8 atom stereocenters. The van der Waals surface area contributed by atoms with E-state index in [0.717, 1.165) is 36.3 Å². The van der Waals surface area contributed by atoms with Gasteiger partial charge in [0.1, 0.15) is 0 Å². The van der Waals surface area contributed by atoms with Gasteiger partial charge in [0.25, 0.3) is 5.91 Å². The van der Waals surface area contributed by atoms with E-state index in [1.54, 1.807) is 24.5 Å². The van der Waals surface area contributed by atoms with Crippen LogP contribution >= 0.6 is 0 Å². The van der Waals surface area contributed by atoms with Crippen LogP contribution in [0.4, 0.5) is 0 Å². The average molecular weight is 438 g/mol. The largest absolute Gasteiger partial charge is 0.393 e. The van der Waals surface area contributed by atoms with Crippen LogP contribution in [-0.2, 0) is 0 Å². The van der Waals surface area contributed by atoms with E-state index in [9.17, 15) is 9.90 Å². The number of nitrogens with zero attached hydrogens (tertiary/aromatic N) is 2. The van der Waals surface area contributed by atoms with Crippen LogP contribution < -0.4 is 5.43 Å². The summed E-state index contributed by atoms with van der Waals surface area (Å²) < 4.78 is 0. The number of hydrogen-bond acceptors (Lipinski definition) is 4. The van der Waals surface area contributed by atoms with Crippen LogP contribution in [0.3, 0.4) is 0 Å². The van der Waals surface area contributed by atoms with Crippen LogP contribution in [0.25, 0.3) is 0 Å². The molecule has 2 N–H and O–H groups in total. The third-order valence-corrected chi connectivity index (χ3v) is 10.4. The van der Waals surface area contributed by atoms with Crippen LogP contribution in [0.5, 0.6) is 0 Å². The fourth-order valence-electron chi connectivity index (χ4n) is 8.71. The van der Waals surface area contributed by atoms with Gasteiger partial charge >= 0.3 is 0 Å². The van der Waals surface area contributed by atoms with Crippen molar-refractivity contribution in [3.8, 4) is 0 Å². The van der Waals surface area contributed by atoms with Gasteiger partial charge in [0.2, 0.25) is 0 Å². The van der Waals surface area contributed by atoms with Crippen molar-refractivity contribution in [1.82, 2.24) is 10.4 Å². The van der Waals surface area contributed by atoms with Crippen molar-refractivity contribution in [1.29, 1.82) is 0 Å². The van der Waals surface area contributed by atoms with Crippen LogP contribution in [0.15, 0.2) is 29.6 Å². The first-order chi connectivity index (χ1) is 15.3. The van der Waals surface area contributed by atoms with E-state index in [2.05, 4.69) is 36.3 Å². The monoisotopic (exact) mass is 437 g/mol. The van der Waals surface area contributed by atoms with Crippen molar-refractivity contribution < 1.29 is 9.90 Å². The Morgan fingerprint density at radius 2 is 1.75 bits per heavy atom. The predicted molar refractivity (Wildman–Crippen MR) is 126 cm³/mol. The van der Waals surface area contributed by atoms with Crippen molar-refractivity contribution in [2.75, 3.05) is 0 Å². The Balaban J connectivity index is 1.31. The highest BCUT2D eigenvalue weighted by Crippen LogP contribution is 2.67. The molecule has 0 aromatic carbocycles. The highest BCUT2D eigenvalue weighted by Gasteiger charge is 2.60. The molecule has 0 bridgehead atoms. The van der Waals surface area contributed by atoms with E-state index in [1.807, 2.05) is 0 Å². The van der Waals surface area contributed by atoms with Gasteiger partial charge in [-0.25, -0.2) is 5.43 Å². The number of aliphatic hydroxyl groups excluding tert-OH is 1. The summed E-state index contributed by atoms with van der Waals surface area (Å²) in [4.78, 5) is 16.4. The first-order valence-electron chi connectivity index (χ1n) is 12.8. The van der Waals surface area contributed by atoms with Crippen LogP contribution in [-0.4, -0.2) is 27.8 Å². The van der Waals surface area contributed by atoms with E-state index >= 15 is 0 Å². The number of carbonyl (C=O) groups is 1. The fourth-order valence-corrected chi connectivity index (χ4v) is 8.71. The molecule has 0 unspecified atom stereocenters. The van der Waals surface area contributed by atoms with E-state index in [4.69, 9.17) is 0 Å². The van der Waals surface area contributed by atoms with Crippen LogP contribution in [0, 0.1) is 40.4 Å². The van der Waals surface area contributed by atoms with Gasteiger partial charge in [-0.2, -0.15) is 5.10 Å². The van der Waals surface area contributed by atoms with Crippen molar-refractivity contribution in [2.24, 2.45) is 45.5 Å². The van der Waals surface area contributed by atoms with Gasteiger partial charge in [-0.3, -0.25) is 9.78 Å². The van der Waals surface area contributed by atoms with Crippen LogP contribution in [0.1, 0.15) is 88.9 Å². The lowest BCUT2D eigenvalue weighted by molar-refractivity contribution is -0.123. The van der Waals surface area contributed by atoms with E-state index in [-0.39, 0.29) is 17.4 Å². The molecule has 174 valence electrons. The second-order valence-corrected chi connectivity index (χ2v) is 11.7. The summed E-state index contributed by atoms with van der Waals surface area (Å²) in [6, 6.07) is 3.44. The quantitative estimate of drug-likeness (QED) is 0.504. The first-order valence-corrected chi connectivity index (χ1v) is 12.8. The molecule has 1 aromatic heterocycles. The Labute approximate surface area is 192 Å². The van der Waals surface area contributed by atoms with Crippen LogP contribution in [0.2, 0.25) is 0 Å². The molecule has 5 rings (SSSR count). The summed E-state index contributed by atoms with van der Waals surface area (Å²) in [7, 11) is 0. The highest BCUT2D eigenvalue weighted by atomic mass is 16.3. The normalized spacial score (nSPS) is 43.7. The number of carbonyl (C=O) groups excluding carboxylic acids is 1. The van der Waals surface area contributed by atoms with Crippen molar-refractivity contribution in [2.45, 2.75) is 84.7 Å². The minimum atomic E-state index is -0.166. The molecule has 0 saturated heterocycles. The number of fused-ring (bicyclic) bond motifs is 5. The third-order valence-electron chi connectivity index (χ3n) is 10.4. The lowest BCUT2D eigenvalue weighted by Crippen LogP contribution is -2.54. The topological polar surface area (TPSA) is 74.6 Å². The average Bonchev–Trinajstić information content (AvgIpc) is 3.15. The maximum Gasteiger partial charge on any atom is 0.271 e.